The van der Waals surface area contributed by atoms with Crippen molar-refractivity contribution in [2.24, 2.45) is 5.92 Å². The number of rotatable bonds is 6. The van der Waals surface area contributed by atoms with E-state index in [2.05, 4.69) is 8.92 Å². The molecule has 130 valence electrons. The van der Waals surface area contributed by atoms with Crippen LogP contribution >= 0.6 is 0 Å². The molecule has 0 spiro atoms. The molecule has 0 amide bonds. The Morgan fingerprint density at radius 1 is 1.17 bits per heavy atom. The van der Waals surface area contributed by atoms with Crippen molar-refractivity contribution < 1.29 is 40.0 Å². The van der Waals surface area contributed by atoms with Crippen molar-refractivity contribution in [1.82, 2.24) is 0 Å². The third-order valence-corrected chi connectivity index (χ3v) is 3.35. The molecule has 0 aliphatic rings. The number of carbonyl (C=O) groups excluding carboxylic acids is 1. The zero-order chi connectivity index (χ0) is 17.8. The van der Waals surface area contributed by atoms with E-state index in [9.17, 15) is 26.4 Å². The fourth-order valence-corrected chi connectivity index (χ4v) is 1.82. The van der Waals surface area contributed by atoms with Gasteiger partial charge < -0.3 is 13.7 Å². The Hall–Kier alpha value is -1.97. The summed E-state index contributed by atoms with van der Waals surface area (Å²) in [5.74, 6) is -1.51. The van der Waals surface area contributed by atoms with Crippen LogP contribution in [0, 0.1) is 5.92 Å². The SMILES string of the molecule is COC(=O)c1cc(OCC(C)C)cc(OS(=O)(=O)C(F)(F)F)c1. The number of methoxy groups -OCH3 is 1. The molecule has 1 aromatic carbocycles. The van der Waals surface area contributed by atoms with E-state index in [1.807, 2.05) is 13.8 Å². The van der Waals surface area contributed by atoms with Gasteiger partial charge in [-0.1, -0.05) is 13.8 Å². The molecule has 0 saturated heterocycles. The van der Waals surface area contributed by atoms with E-state index in [1.165, 1.54) is 6.07 Å². The minimum absolute atomic E-state index is 0.0195. The summed E-state index contributed by atoms with van der Waals surface area (Å²) in [6.07, 6.45) is 0. The molecule has 0 heterocycles. The highest BCUT2D eigenvalue weighted by molar-refractivity contribution is 7.88. The maximum absolute atomic E-state index is 12.4. The first-order valence-corrected chi connectivity index (χ1v) is 7.74. The normalized spacial score (nSPS) is 12.1. The molecule has 23 heavy (non-hydrogen) atoms. The topological polar surface area (TPSA) is 78.9 Å². The minimum Gasteiger partial charge on any atom is -0.493 e. The molecule has 6 nitrogen and oxygen atoms in total. The second kappa shape index (κ2) is 7.07. The van der Waals surface area contributed by atoms with E-state index in [0.717, 1.165) is 19.2 Å². The molecule has 0 atom stereocenters. The Kier molecular flexibility index (Phi) is 5.86. The van der Waals surface area contributed by atoms with E-state index in [4.69, 9.17) is 4.74 Å². The van der Waals surface area contributed by atoms with Gasteiger partial charge in [0.25, 0.3) is 0 Å². The lowest BCUT2D eigenvalue weighted by molar-refractivity contribution is -0.0500. The second-order valence-corrected chi connectivity index (χ2v) is 6.41. The van der Waals surface area contributed by atoms with Crippen LogP contribution in [0.5, 0.6) is 11.5 Å². The van der Waals surface area contributed by atoms with Crippen molar-refractivity contribution >= 4 is 16.1 Å². The van der Waals surface area contributed by atoms with Gasteiger partial charge in [-0.3, -0.25) is 0 Å². The number of esters is 1. The molecule has 0 bridgehead atoms. The highest BCUT2D eigenvalue weighted by atomic mass is 32.2. The average Bonchev–Trinajstić information content (AvgIpc) is 2.42. The molecule has 1 aromatic rings. The number of halogens is 3. The summed E-state index contributed by atoms with van der Waals surface area (Å²) >= 11 is 0. The molecule has 0 aromatic heterocycles. The fourth-order valence-electron chi connectivity index (χ4n) is 1.38. The maximum Gasteiger partial charge on any atom is 0.534 e. The van der Waals surface area contributed by atoms with E-state index in [1.54, 1.807) is 0 Å². The maximum atomic E-state index is 12.4. The highest BCUT2D eigenvalue weighted by Crippen LogP contribution is 2.30. The monoisotopic (exact) mass is 356 g/mol. The summed E-state index contributed by atoms with van der Waals surface area (Å²) < 4.78 is 72.9. The van der Waals surface area contributed by atoms with E-state index in [-0.39, 0.29) is 23.8 Å². The van der Waals surface area contributed by atoms with Gasteiger partial charge in [0.1, 0.15) is 11.5 Å². The van der Waals surface area contributed by atoms with Gasteiger partial charge in [-0.2, -0.15) is 21.6 Å². The number of ether oxygens (including phenoxy) is 2. The predicted molar refractivity (Wildman–Crippen MR) is 73.7 cm³/mol. The van der Waals surface area contributed by atoms with Gasteiger partial charge in [0, 0.05) is 6.07 Å². The summed E-state index contributed by atoms with van der Waals surface area (Å²) in [4.78, 5) is 11.5. The fraction of sp³-hybridized carbons (Fsp3) is 0.462. The minimum atomic E-state index is -5.86. The van der Waals surface area contributed by atoms with Gasteiger partial charge in [-0.15, -0.1) is 0 Å². The quantitative estimate of drug-likeness (QED) is 0.443. The van der Waals surface area contributed by atoms with E-state index < -0.39 is 27.3 Å². The lowest BCUT2D eigenvalue weighted by atomic mass is 10.2. The zero-order valence-electron chi connectivity index (χ0n) is 12.5. The van der Waals surface area contributed by atoms with Crippen molar-refractivity contribution in [3.63, 3.8) is 0 Å². The second-order valence-electron chi connectivity index (χ2n) is 4.87. The molecule has 0 aliphatic carbocycles. The Bertz CT molecular complexity index is 667. The van der Waals surface area contributed by atoms with Crippen LogP contribution in [0.15, 0.2) is 18.2 Å². The van der Waals surface area contributed by atoms with Gasteiger partial charge in [-0.05, 0) is 18.1 Å². The number of benzene rings is 1. The molecule has 0 radical (unpaired) electrons. The first kappa shape index (κ1) is 19.1. The number of hydrogen-bond acceptors (Lipinski definition) is 6. The average molecular weight is 356 g/mol. The smallest absolute Gasteiger partial charge is 0.493 e. The Labute approximate surface area is 131 Å². The Morgan fingerprint density at radius 2 is 1.74 bits per heavy atom. The van der Waals surface area contributed by atoms with Crippen molar-refractivity contribution in [3.05, 3.63) is 23.8 Å². The van der Waals surface area contributed by atoms with E-state index in [0.29, 0.717) is 0 Å². The lowest BCUT2D eigenvalue weighted by Crippen LogP contribution is -2.28. The van der Waals surface area contributed by atoms with Crippen LogP contribution in [0.4, 0.5) is 13.2 Å². The van der Waals surface area contributed by atoms with Gasteiger partial charge >= 0.3 is 21.6 Å². The predicted octanol–water partition coefficient (Wildman–Crippen LogP) is 2.74. The van der Waals surface area contributed by atoms with Crippen molar-refractivity contribution in [2.45, 2.75) is 19.4 Å². The molecule has 0 unspecified atom stereocenters. The van der Waals surface area contributed by atoms with E-state index >= 15 is 0 Å². The van der Waals surface area contributed by atoms with Gasteiger partial charge in [0.05, 0.1) is 19.3 Å². The molecule has 0 fully saturated rings. The van der Waals surface area contributed by atoms with Crippen LogP contribution in [0.2, 0.25) is 0 Å². The van der Waals surface area contributed by atoms with Crippen LogP contribution in [-0.4, -0.2) is 33.6 Å². The summed E-state index contributed by atoms with van der Waals surface area (Å²) in [7, 11) is -4.79. The molecule has 10 heteroatoms. The number of alkyl halides is 3. The van der Waals surface area contributed by atoms with Gasteiger partial charge in [0.2, 0.25) is 0 Å². The third kappa shape index (κ3) is 5.31. The Balaban J connectivity index is 3.20. The first-order valence-electron chi connectivity index (χ1n) is 6.33. The van der Waals surface area contributed by atoms with Crippen molar-refractivity contribution in [3.8, 4) is 11.5 Å². The van der Waals surface area contributed by atoms with Crippen molar-refractivity contribution in [2.75, 3.05) is 13.7 Å². The number of hydrogen-bond donors (Lipinski definition) is 0. The largest absolute Gasteiger partial charge is 0.534 e. The summed E-state index contributed by atoms with van der Waals surface area (Å²) in [5, 5.41) is 0. The molecule has 0 saturated carbocycles. The highest BCUT2D eigenvalue weighted by Gasteiger charge is 2.48. The molecular weight excluding hydrogens is 341 g/mol. The number of carbonyl (C=O) groups is 1. The van der Waals surface area contributed by atoms with Gasteiger partial charge in [-0.25, -0.2) is 4.79 Å². The molecule has 0 aliphatic heterocycles. The zero-order valence-corrected chi connectivity index (χ0v) is 13.3. The summed E-state index contributed by atoms with van der Waals surface area (Å²) in [6, 6.07) is 2.97. The van der Waals surface area contributed by atoms with Crippen LogP contribution < -0.4 is 8.92 Å². The van der Waals surface area contributed by atoms with Crippen LogP contribution in [0.25, 0.3) is 0 Å². The summed E-state index contributed by atoms with van der Waals surface area (Å²) in [5.41, 5.74) is -5.80. The standard InChI is InChI=1S/C13H15F3O6S/c1-8(2)7-21-10-4-9(12(17)20-3)5-11(6-10)22-23(18,19)13(14,15)16/h4-6,8H,7H2,1-3H3. The van der Waals surface area contributed by atoms with Crippen molar-refractivity contribution in [1.29, 1.82) is 0 Å². The van der Waals surface area contributed by atoms with Crippen LogP contribution in [0.3, 0.4) is 0 Å². The van der Waals surface area contributed by atoms with Crippen LogP contribution in [0.1, 0.15) is 24.2 Å². The molecule has 0 N–H and O–H groups in total. The third-order valence-electron chi connectivity index (χ3n) is 2.37. The Morgan fingerprint density at radius 3 is 2.22 bits per heavy atom. The lowest BCUT2D eigenvalue weighted by Gasteiger charge is -2.13. The van der Waals surface area contributed by atoms with Gasteiger partial charge in [0.15, 0.2) is 0 Å². The first-order chi connectivity index (χ1) is 10.5. The van der Waals surface area contributed by atoms with Crippen LogP contribution in [-0.2, 0) is 14.9 Å². The molecular formula is C13H15F3O6S. The summed E-state index contributed by atoms with van der Waals surface area (Å²) in [6.45, 7) is 3.86. The molecule has 1 rings (SSSR count).